The molecule has 0 aliphatic carbocycles. The van der Waals surface area contributed by atoms with Crippen LogP contribution in [-0.2, 0) is 0 Å². The highest BCUT2D eigenvalue weighted by atomic mass is 35.5. The van der Waals surface area contributed by atoms with Crippen LogP contribution in [0.15, 0.2) is 30.3 Å². The molecule has 0 bridgehead atoms. The minimum absolute atomic E-state index is 0.367. The van der Waals surface area contributed by atoms with Gasteiger partial charge in [0.1, 0.15) is 0 Å². The summed E-state index contributed by atoms with van der Waals surface area (Å²) in [5.74, 6) is 0. The number of hydrogen-bond donors (Lipinski definition) is 0. The molecule has 0 heterocycles. The Morgan fingerprint density at radius 2 is 1.44 bits per heavy atom. The van der Waals surface area contributed by atoms with Gasteiger partial charge in [-0.05, 0) is 30.3 Å². The molecule has 2 aromatic carbocycles. The Morgan fingerprint density at radius 1 is 0.778 bits per heavy atom. The normalized spacial score (nSPS) is 10.2. The van der Waals surface area contributed by atoms with Crippen LogP contribution < -0.4 is 0 Å². The third-order valence-electron chi connectivity index (χ3n) is 2.40. The molecule has 0 saturated heterocycles. The zero-order valence-corrected chi connectivity index (χ0v) is 11.9. The summed E-state index contributed by atoms with van der Waals surface area (Å²) in [6.45, 7) is 0. The summed E-state index contributed by atoms with van der Waals surface area (Å²) in [6.07, 6.45) is 0. The van der Waals surface area contributed by atoms with Crippen LogP contribution in [-0.4, -0.2) is 0 Å². The summed E-state index contributed by atoms with van der Waals surface area (Å²) in [4.78, 5) is 0. The smallest absolute Gasteiger partial charge is 0.0998 e. The van der Waals surface area contributed by atoms with Crippen molar-refractivity contribution in [3.05, 3.63) is 56.0 Å². The Balaban J connectivity index is 2.73. The van der Waals surface area contributed by atoms with Crippen molar-refractivity contribution < 1.29 is 0 Å². The molecule has 2 aromatic rings. The van der Waals surface area contributed by atoms with Gasteiger partial charge in [-0.2, -0.15) is 5.26 Å². The van der Waals surface area contributed by atoms with Crippen LogP contribution in [0.4, 0.5) is 0 Å². The lowest BCUT2D eigenvalue weighted by Gasteiger charge is -2.09. The first-order valence-corrected chi connectivity index (χ1v) is 6.38. The van der Waals surface area contributed by atoms with Gasteiger partial charge in [0.25, 0.3) is 0 Å². The molecule has 90 valence electrons. The molecule has 2 rings (SSSR count). The largest absolute Gasteiger partial charge is 0.192 e. The molecule has 0 N–H and O–H groups in total. The van der Waals surface area contributed by atoms with Crippen molar-refractivity contribution in [1.82, 2.24) is 0 Å². The summed E-state index contributed by atoms with van der Waals surface area (Å²) in [6, 6.07) is 10.2. The van der Waals surface area contributed by atoms with E-state index in [4.69, 9.17) is 51.7 Å². The standard InChI is InChI=1S/C13H5Cl4N/c14-8-2-1-7(6-18)9(3-8)10-4-12(16)13(17)5-11(10)15/h1-5H. The van der Waals surface area contributed by atoms with Gasteiger partial charge in [0, 0.05) is 16.1 Å². The quantitative estimate of drug-likeness (QED) is 0.606. The van der Waals surface area contributed by atoms with Gasteiger partial charge in [0.15, 0.2) is 0 Å². The first-order valence-electron chi connectivity index (χ1n) is 4.87. The molecule has 0 radical (unpaired) electrons. The van der Waals surface area contributed by atoms with Gasteiger partial charge in [0.2, 0.25) is 0 Å². The maximum atomic E-state index is 9.09. The molecule has 0 atom stereocenters. The van der Waals surface area contributed by atoms with Crippen molar-refractivity contribution in [2.45, 2.75) is 0 Å². The summed E-state index contributed by atoms with van der Waals surface area (Å²) in [5, 5.41) is 10.8. The Morgan fingerprint density at radius 3 is 2.11 bits per heavy atom. The van der Waals surface area contributed by atoms with Crippen LogP contribution in [0.1, 0.15) is 5.56 Å². The Labute approximate surface area is 124 Å². The number of nitriles is 1. The third kappa shape index (κ3) is 2.58. The molecule has 0 aliphatic rings. The Kier molecular flexibility index (Phi) is 4.04. The first-order chi connectivity index (χ1) is 8.52. The predicted molar refractivity (Wildman–Crippen MR) is 76.6 cm³/mol. The summed E-state index contributed by atoms with van der Waals surface area (Å²) < 4.78 is 0. The highest BCUT2D eigenvalue weighted by Gasteiger charge is 2.12. The predicted octanol–water partition coefficient (Wildman–Crippen LogP) is 5.84. The molecule has 1 nitrogen and oxygen atoms in total. The van der Waals surface area contributed by atoms with E-state index >= 15 is 0 Å². The van der Waals surface area contributed by atoms with Crippen LogP contribution in [0.3, 0.4) is 0 Å². The Hall–Kier alpha value is -0.910. The van der Waals surface area contributed by atoms with Crippen LogP contribution in [0.2, 0.25) is 20.1 Å². The van der Waals surface area contributed by atoms with E-state index in [1.54, 1.807) is 30.3 Å². The molecule has 0 aromatic heterocycles. The average Bonchev–Trinajstić information content (AvgIpc) is 2.34. The van der Waals surface area contributed by atoms with Gasteiger partial charge < -0.3 is 0 Å². The fourth-order valence-corrected chi connectivity index (χ4v) is 2.39. The van der Waals surface area contributed by atoms with E-state index in [1.807, 2.05) is 0 Å². The molecular formula is C13H5Cl4N. The van der Waals surface area contributed by atoms with Crippen LogP contribution in [0.5, 0.6) is 0 Å². The second-order valence-electron chi connectivity index (χ2n) is 3.55. The van der Waals surface area contributed by atoms with Gasteiger partial charge in [-0.25, -0.2) is 0 Å². The topological polar surface area (TPSA) is 23.8 Å². The highest BCUT2D eigenvalue weighted by Crippen LogP contribution is 2.37. The molecule has 18 heavy (non-hydrogen) atoms. The van der Waals surface area contributed by atoms with Gasteiger partial charge in [-0.15, -0.1) is 0 Å². The van der Waals surface area contributed by atoms with Gasteiger partial charge in [-0.1, -0.05) is 46.4 Å². The maximum Gasteiger partial charge on any atom is 0.0998 e. The molecule has 5 heteroatoms. The SMILES string of the molecule is N#Cc1ccc(Cl)cc1-c1cc(Cl)c(Cl)cc1Cl. The van der Waals surface area contributed by atoms with Crippen molar-refractivity contribution >= 4 is 46.4 Å². The lowest BCUT2D eigenvalue weighted by Crippen LogP contribution is -1.86. The van der Waals surface area contributed by atoms with Crippen molar-refractivity contribution in [1.29, 1.82) is 5.26 Å². The van der Waals surface area contributed by atoms with Crippen molar-refractivity contribution in [3.63, 3.8) is 0 Å². The minimum atomic E-state index is 0.367. The molecule has 0 amide bonds. The van der Waals surface area contributed by atoms with Gasteiger partial charge in [-0.3, -0.25) is 0 Å². The van der Waals surface area contributed by atoms with Crippen molar-refractivity contribution in [2.24, 2.45) is 0 Å². The fourth-order valence-electron chi connectivity index (χ4n) is 1.57. The molecule has 0 unspecified atom stereocenters. The van der Waals surface area contributed by atoms with Crippen molar-refractivity contribution in [3.8, 4) is 17.2 Å². The van der Waals surface area contributed by atoms with Crippen LogP contribution in [0, 0.1) is 11.3 Å². The fraction of sp³-hybridized carbons (Fsp3) is 0. The summed E-state index contributed by atoms with van der Waals surface area (Å²) in [7, 11) is 0. The first kappa shape index (κ1) is 13.5. The maximum absolute atomic E-state index is 9.09. The van der Waals surface area contributed by atoms with Crippen molar-refractivity contribution in [2.75, 3.05) is 0 Å². The van der Waals surface area contributed by atoms with Gasteiger partial charge in [0.05, 0.1) is 26.7 Å². The number of nitrogens with zero attached hydrogens (tertiary/aromatic N) is 1. The summed E-state index contributed by atoms with van der Waals surface area (Å²) >= 11 is 23.9. The lowest BCUT2D eigenvalue weighted by molar-refractivity contribution is 1.48. The number of halogens is 4. The van der Waals surface area contributed by atoms with E-state index in [0.29, 0.717) is 36.8 Å². The van der Waals surface area contributed by atoms with E-state index in [1.165, 1.54) is 0 Å². The summed E-state index contributed by atoms with van der Waals surface area (Å²) in [5.41, 5.74) is 1.73. The number of hydrogen-bond acceptors (Lipinski definition) is 1. The number of rotatable bonds is 1. The van der Waals surface area contributed by atoms with Crippen LogP contribution >= 0.6 is 46.4 Å². The van der Waals surface area contributed by atoms with E-state index < -0.39 is 0 Å². The highest BCUT2D eigenvalue weighted by molar-refractivity contribution is 6.44. The molecule has 0 fully saturated rings. The minimum Gasteiger partial charge on any atom is -0.192 e. The second kappa shape index (κ2) is 5.38. The molecular weight excluding hydrogens is 312 g/mol. The zero-order chi connectivity index (χ0) is 13.3. The van der Waals surface area contributed by atoms with E-state index in [2.05, 4.69) is 6.07 Å². The van der Waals surface area contributed by atoms with Gasteiger partial charge >= 0.3 is 0 Å². The zero-order valence-electron chi connectivity index (χ0n) is 8.85. The molecule has 0 aliphatic heterocycles. The second-order valence-corrected chi connectivity index (χ2v) is 5.21. The molecule has 0 saturated carbocycles. The van der Waals surface area contributed by atoms with E-state index in [0.717, 1.165) is 0 Å². The van der Waals surface area contributed by atoms with E-state index in [9.17, 15) is 0 Å². The Bertz CT molecular complexity index is 659. The number of benzene rings is 2. The molecule has 0 spiro atoms. The average molecular weight is 317 g/mol. The van der Waals surface area contributed by atoms with E-state index in [-0.39, 0.29) is 0 Å². The van der Waals surface area contributed by atoms with Crippen LogP contribution in [0.25, 0.3) is 11.1 Å². The monoisotopic (exact) mass is 315 g/mol. The third-order valence-corrected chi connectivity index (χ3v) is 3.67. The lowest BCUT2D eigenvalue weighted by atomic mass is 10.0.